The van der Waals surface area contributed by atoms with Gasteiger partial charge < -0.3 is 4.74 Å². The van der Waals surface area contributed by atoms with Gasteiger partial charge in [-0.25, -0.2) is 22.0 Å². The molecule has 7 nitrogen and oxygen atoms in total. The highest BCUT2D eigenvalue weighted by Crippen LogP contribution is 2.29. The minimum absolute atomic E-state index is 0.0290. The number of halogens is 1. The lowest BCUT2D eigenvalue weighted by Gasteiger charge is -2.13. The van der Waals surface area contributed by atoms with Gasteiger partial charge >= 0.3 is 0 Å². The van der Waals surface area contributed by atoms with Crippen LogP contribution in [-0.2, 0) is 24.8 Å². The van der Waals surface area contributed by atoms with Gasteiger partial charge in [0.1, 0.15) is 0 Å². The minimum Gasteiger partial charge on any atom is -0.384 e. The molecule has 10 heteroatoms. The number of primary sulfonamides is 1. The van der Waals surface area contributed by atoms with E-state index in [1.54, 1.807) is 0 Å². The lowest BCUT2D eigenvalue weighted by atomic mass is 10.2. The molecule has 3 N–H and O–H groups in total. The van der Waals surface area contributed by atoms with Gasteiger partial charge in [-0.15, -0.1) is 0 Å². The number of rotatable bonds is 6. The Morgan fingerprint density at radius 1 is 1.30 bits per heavy atom. The fraction of sp³-hybridized carbons (Fsp3) is 0.400. The monoisotopic (exact) mass is 342 g/mol. The first kappa shape index (κ1) is 17.2. The molecule has 0 radical (unpaired) electrons. The average Bonchev–Trinajstić information content (AvgIpc) is 2.30. The van der Waals surface area contributed by atoms with Crippen LogP contribution in [0.15, 0.2) is 17.0 Å². The Labute approximate surface area is 123 Å². The van der Waals surface area contributed by atoms with E-state index in [0.29, 0.717) is 5.56 Å². The Morgan fingerprint density at radius 2 is 1.90 bits per heavy atom. The second kappa shape index (κ2) is 6.27. The van der Waals surface area contributed by atoms with Crippen LogP contribution in [0, 0.1) is 6.92 Å². The number of nitrogens with one attached hydrogen (secondary N) is 1. The molecule has 0 aliphatic carbocycles. The van der Waals surface area contributed by atoms with Crippen molar-refractivity contribution in [1.29, 1.82) is 0 Å². The SMILES string of the molecule is COCCS(=O)(=O)Nc1c(C)cc(S(N)(=O)=O)cc1Cl. The summed E-state index contributed by atoms with van der Waals surface area (Å²) in [5.74, 6) is -0.240. The molecule has 0 fully saturated rings. The molecule has 0 heterocycles. The summed E-state index contributed by atoms with van der Waals surface area (Å²) in [5.41, 5.74) is 0.470. The lowest BCUT2D eigenvalue weighted by molar-refractivity contribution is 0.217. The van der Waals surface area contributed by atoms with Crippen molar-refractivity contribution >= 4 is 37.3 Å². The Balaban J connectivity index is 3.16. The van der Waals surface area contributed by atoms with E-state index < -0.39 is 20.0 Å². The van der Waals surface area contributed by atoms with Crippen LogP contribution >= 0.6 is 11.6 Å². The normalized spacial score (nSPS) is 12.4. The minimum atomic E-state index is -3.90. The van der Waals surface area contributed by atoms with Crippen LogP contribution in [0.5, 0.6) is 0 Å². The molecule has 114 valence electrons. The largest absolute Gasteiger partial charge is 0.384 e. The van der Waals surface area contributed by atoms with Crippen molar-refractivity contribution in [1.82, 2.24) is 0 Å². The Bertz CT molecular complexity index is 677. The third-order valence-electron chi connectivity index (χ3n) is 2.40. The summed E-state index contributed by atoms with van der Waals surface area (Å²) in [6, 6.07) is 2.34. The number of benzene rings is 1. The average molecular weight is 343 g/mol. The molecule has 20 heavy (non-hydrogen) atoms. The van der Waals surface area contributed by atoms with E-state index in [0.717, 1.165) is 6.07 Å². The highest BCUT2D eigenvalue weighted by molar-refractivity contribution is 7.92. The first-order valence-electron chi connectivity index (χ1n) is 5.39. The van der Waals surface area contributed by atoms with E-state index in [-0.39, 0.29) is 28.0 Å². The maximum absolute atomic E-state index is 11.8. The standard InChI is InChI=1S/C10H15ClN2O5S2/c1-7-5-8(20(12,16)17)6-9(11)10(7)13-19(14,15)4-3-18-2/h5-6,13H,3-4H2,1-2H3,(H2,12,16,17). The first-order chi connectivity index (χ1) is 9.07. The van der Waals surface area contributed by atoms with E-state index >= 15 is 0 Å². The molecule has 0 bridgehead atoms. The Morgan fingerprint density at radius 3 is 2.35 bits per heavy atom. The van der Waals surface area contributed by atoms with Crippen LogP contribution in [0.2, 0.25) is 5.02 Å². The van der Waals surface area contributed by atoms with Crippen molar-refractivity contribution < 1.29 is 21.6 Å². The zero-order valence-corrected chi connectivity index (χ0v) is 13.3. The summed E-state index contributed by atoms with van der Waals surface area (Å²) in [7, 11) is -6.15. The predicted molar refractivity (Wildman–Crippen MR) is 76.8 cm³/mol. The first-order valence-corrected chi connectivity index (χ1v) is 8.97. The number of methoxy groups -OCH3 is 1. The summed E-state index contributed by atoms with van der Waals surface area (Å²) >= 11 is 5.90. The molecule has 0 aliphatic heterocycles. The van der Waals surface area contributed by atoms with Crippen molar-refractivity contribution in [3.05, 3.63) is 22.7 Å². The van der Waals surface area contributed by atoms with Crippen LogP contribution in [-0.4, -0.2) is 36.3 Å². The van der Waals surface area contributed by atoms with Crippen LogP contribution in [0.3, 0.4) is 0 Å². The van der Waals surface area contributed by atoms with E-state index in [9.17, 15) is 16.8 Å². The third-order valence-corrected chi connectivity index (χ3v) is 4.81. The molecular weight excluding hydrogens is 328 g/mol. The van der Waals surface area contributed by atoms with E-state index in [4.69, 9.17) is 21.5 Å². The molecule has 1 aromatic carbocycles. The topological polar surface area (TPSA) is 116 Å². The predicted octanol–water partition coefficient (Wildman–Crippen LogP) is 0.684. The van der Waals surface area contributed by atoms with Crippen molar-refractivity contribution in [3.8, 4) is 0 Å². The fourth-order valence-electron chi connectivity index (χ4n) is 1.41. The molecule has 0 aromatic heterocycles. The van der Waals surface area contributed by atoms with Gasteiger partial charge in [0.15, 0.2) is 0 Å². The smallest absolute Gasteiger partial charge is 0.238 e. The molecule has 0 atom stereocenters. The zero-order chi connectivity index (χ0) is 15.6. The zero-order valence-electron chi connectivity index (χ0n) is 10.9. The van der Waals surface area contributed by atoms with E-state index in [2.05, 4.69) is 4.72 Å². The summed E-state index contributed by atoms with van der Waals surface area (Å²) in [4.78, 5) is -0.181. The van der Waals surface area contributed by atoms with Crippen molar-refractivity contribution in [2.24, 2.45) is 5.14 Å². The summed E-state index contributed by atoms with van der Waals surface area (Å²) in [6.07, 6.45) is 0. The quantitative estimate of drug-likeness (QED) is 0.788. The summed E-state index contributed by atoms with van der Waals surface area (Å²) < 4.78 is 53.0. The number of ether oxygens (including phenoxy) is 1. The summed E-state index contributed by atoms with van der Waals surface area (Å²) in [5, 5.41) is 4.95. The molecule has 0 unspecified atom stereocenters. The van der Waals surface area contributed by atoms with Gasteiger partial charge in [0.05, 0.1) is 28.0 Å². The highest BCUT2D eigenvalue weighted by atomic mass is 35.5. The van der Waals surface area contributed by atoms with Crippen LogP contribution in [0.25, 0.3) is 0 Å². The van der Waals surface area contributed by atoms with Gasteiger partial charge in [-0.05, 0) is 24.6 Å². The second-order valence-electron chi connectivity index (χ2n) is 4.06. The van der Waals surface area contributed by atoms with Gasteiger partial charge in [0, 0.05) is 7.11 Å². The van der Waals surface area contributed by atoms with Gasteiger partial charge in [0.2, 0.25) is 20.0 Å². The number of hydrogen-bond donors (Lipinski definition) is 2. The fourth-order valence-corrected chi connectivity index (χ4v) is 3.53. The molecule has 1 aromatic rings. The molecule has 0 spiro atoms. The highest BCUT2D eigenvalue weighted by Gasteiger charge is 2.17. The van der Waals surface area contributed by atoms with Crippen LogP contribution < -0.4 is 9.86 Å². The number of anilines is 1. The van der Waals surface area contributed by atoms with Gasteiger partial charge in [-0.1, -0.05) is 11.6 Å². The maximum atomic E-state index is 11.8. The molecular formula is C10H15ClN2O5S2. The number of sulfonamides is 2. The van der Waals surface area contributed by atoms with Crippen molar-refractivity contribution in [2.45, 2.75) is 11.8 Å². The van der Waals surface area contributed by atoms with Crippen molar-refractivity contribution in [2.75, 3.05) is 24.2 Å². The summed E-state index contributed by atoms with van der Waals surface area (Å²) in [6.45, 7) is 1.55. The van der Waals surface area contributed by atoms with E-state index in [1.165, 1.54) is 20.1 Å². The molecule has 1 rings (SSSR count). The molecule has 0 saturated heterocycles. The molecule has 0 saturated carbocycles. The number of hydrogen-bond acceptors (Lipinski definition) is 5. The van der Waals surface area contributed by atoms with Crippen LogP contribution in [0.4, 0.5) is 5.69 Å². The Kier molecular flexibility index (Phi) is 5.39. The number of aryl methyl sites for hydroxylation is 1. The number of nitrogens with two attached hydrogens (primary N) is 1. The van der Waals surface area contributed by atoms with Crippen molar-refractivity contribution in [3.63, 3.8) is 0 Å². The van der Waals surface area contributed by atoms with Gasteiger partial charge in [-0.2, -0.15) is 0 Å². The van der Waals surface area contributed by atoms with Gasteiger partial charge in [-0.3, -0.25) is 4.72 Å². The van der Waals surface area contributed by atoms with Crippen LogP contribution in [0.1, 0.15) is 5.56 Å². The Hall–Kier alpha value is -0.870. The molecule has 0 amide bonds. The van der Waals surface area contributed by atoms with Gasteiger partial charge in [0.25, 0.3) is 0 Å². The lowest BCUT2D eigenvalue weighted by Crippen LogP contribution is -2.21. The second-order valence-corrected chi connectivity index (χ2v) is 7.87. The third kappa shape index (κ3) is 4.60. The maximum Gasteiger partial charge on any atom is 0.238 e. The molecule has 0 aliphatic rings. The van der Waals surface area contributed by atoms with E-state index in [1.807, 2.05) is 0 Å².